The zero-order chi connectivity index (χ0) is 26.9. The normalized spacial score (nSPS) is 11.9. The largest absolute Gasteiger partial charge is 0.352 e. The molecule has 7 heteroatoms. The summed E-state index contributed by atoms with van der Waals surface area (Å²) in [6.07, 6.45) is 0.384. The Balaban J connectivity index is 1.90. The summed E-state index contributed by atoms with van der Waals surface area (Å²) in [4.78, 5) is 28.8. The lowest BCUT2D eigenvalue weighted by molar-refractivity contribution is -0.139. The number of carbonyl (C=O) groups is 2. The Morgan fingerprint density at radius 1 is 0.892 bits per heavy atom. The zero-order valence-corrected chi connectivity index (χ0v) is 24.1. The summed E-state index contributed by atoms with van der Waals surface area (Å²) in [5, 5.41) is 3.94. The monoisotopic (exact) mass is 556 g/mol. The van der Waals surface area contributed by atoms with Gasteiger partial charge < -0.3 is 10.2 Å². The van der Waals surface area contributed by atoms with Crippen LogP contribution in [-0.2, 0) is 28.3 Å². The van der Waals surface area contributed by atoms with Gasteiger partial charge in [-0.25, -0.2) is 0 Å². The van der Waals surface area contributed by atoms with Crippen LogP contribution in [0.3, 0.4) is 0 Å². The second-order valence-corrected chi connectivity index (χ2v) is 11.4. The third-order valence-electron chi connectivity index (χ3n) is 5.87. The molecule has 0 bridgehead atoms. The van der Waals surface area contributed by atoms with E-state index in [1.165, 1.54) is 28.5 Å². The average molecular weight is 558 g/mol. The van der Waals surface area contributed by atoms with Crippen LogP contribution >= 0.6 is 35.0 Å². The highest BCUT2D eigenvalue weighted by Crippen LogP contribution is 2.28. The van der Waals surface area contributed by atoms with Gasteiger partial charge in [0.15, 0.2) is 0 Å². The number of thioether (sulfide) groups is 1. The maximum atomic E-state index is 13.8. The fourth-order valence-electron chi connectivity index (χ4n) is 4.28. The molecule has 0 aliphatic heterocycles. The number of benzene rings is 3. The van der Waals surface area contributed by atoms with E-state index in [0.717, 1.165) is 5.56 Å². The third kappa shape index (κ3) is 8.80. The van der Waals surface area contributed by atoms with Gasteiger partial charge in [-0.05, 0) is 51.0 Å². The summed E-state index contributed by atoms with van der Waals surface area (Å²) in [7, 11) is 0. The topological polar surface area (TPSA) is 49.4 Å². The molecule has 3 aromatic rings. The first-order chi connectivity index (χ1) is 17.6. The van der Waals surface area contributed by atoms with Gasteiger partial charge in [-0.3, -0.25) is 9.59 Å². The molecule has 0 fully saturated rings. The van der Waals surface area contributed by atoms with E-state index in [1.807, 2.05) is 44.2 Å². The maximum absolute atomic E-state index is 13.8. The minimum Gasteiger partial charge on any atom is -0.352 e. The molecule has 196 valence electrons. The van der Waals surface area contributed by atoms with Gasteiger partial charge in [-0.2, -0.15) is 0 Å². The van der Waals surface area contributed by atoms with Gasteiger partial charge in [0.05, 0.1) is 5.75 Å². The lowest BCUT2D eigenvalue weighted by Gasteiger charge is -2.32. The predicted molar refractivity (Wildman–Crippen MR) is 156 cm³/mol. The summed E-state index contributed by atoms with van der Waals surface area (Å²) >= 11 is 14.5. The van der Waals surface area contributed by atoms with Gasteiger partial charge >= 0.3 is 0 Å². The Kier molecular flexibility index (Phi) is 10.9. The summed E-state index contributed by atoms with van der Waals surface area (Å²) < 4.78 is 0. The van der Waals surface area contributed by atoms with Crippen molar-refractivity contribution in [2.75, 3.05) is 5.75 Å². The van der Waals surface area contributed by atoms with Crippen LogP contribution in [0.5, 0.6) is 0 Å². The van der Waals surface area contributed by atoms with Crippen LogP contribution in [0.1, 0.15) is 41.7 Å². The number of aryl methyl sites for hydroxylation is 2. The van der Waals surface area contributed by atoms with E-state index in [0.29, 0.717) is 27.8 Å². The summed E-state index contributed by atoms with van der Waals surface area (Å²) in [5.74, 6) is 0.603. The Hall–Kier alpha value is -2.47. The van der Waals surface area contributed by atoms with E-state index in [1.54, 1.807) is 23.1 Å². The number of nitrogens with zero attached hydrogens (tertiary/aromatic N) is 1. The van der Waals surface area contributed by atoms with Crippen LogP contribution in [0.15, 0.2) is 66.7 Å². The molecule has 0 aliphatic carbocycles. The summed E-state index contributed by atoms with van der Waals surface area (Å²) in [6.45, 7) is 8.11. The molecule has 0 saturated heterocycles. The van der Waals surface area contributed by atoms with Crippen molar-refractivity contribution < 1.29 is 9.59 Å². The highest BCUT2D eigenvalue weighted by molar-refractivity contribution is 7.99. The Morgan fingerprint density at radius 3 is 2.11 bits per heavy atom. The van der Waals surface area contributed by atoms with Crippen molar-refractivity contribution in [1.82, 2.24) is 10.2 Å². The quantitative estimate of drug-likeness (QED) is 0.276. The fourth-order valence-corrected chi connectivity index (χ4v) is 5.64. The average Bonchev–Trinajstić information content (AvgIpc) is 2.82. The van der Waals surface area contributed by atoms with E-state index in [-0.39, 0.29) is 30.2 Å². The molecule has 0 spiro atoms. The fraction of sp³-hybridized carbons (Fsp3) is 0.333. The van der Waals surface area contributed by atoms with Crippen molar-refractivity contribution in [3.8, 4) is 0 Å². The second kappa shape index (κ2) is 13.9. The van der Waals surface area contributed by atoms with E-state index >= 15 is 0 Å². The van der Waals surface area contributed by atoms with Gasteiger partial charge in [0.1, 0.15) is 6.04 Å². The van der Waals surface area contributed by atoms with E-state index in [4.69, 9.17) is 23.2 Å². The molecule has 37 heavy (non-hydrogen) atoms. The Bertz CT molecular complexity index is 1180. The predicted octanol–water partition coefficient (Wildman–Crippen LogP) is 7.01. The summed E-state index contributed by atoms with van der Waals surface area (Å²) in [6, 6.07) is 20.6. The van der Waals surface area contributed by atoms with Crippen LogP contribution in [0, 0.1) is 13.8 Å². The van der Waals surface area contributed by atoms with Gasteiger partial charge in [-0.1, -0.05) is 88.9 Å². The van der Waals surface area contributed by atoms with Crippen LogP contribution < -0.4 is 5.32 Å². The second-order valence-electron chi connectivity index (χ2n) is 9.58. The number of halogens is 2. The van der Waals surface area contributed by atoms with E-state index in [2.05, 4.69) is 37.4 Å². The third-order valence-corrected chi connectivity index (χ3v) is 7.56. The number of hydrogen-bond donors (Lipinski definition) is 1. The molecule has 0 radical (unpaired) electrons. The molecule has 0 heterocycles. The number of amides is 2. The summed E-state index contributed by atoms with van der Waals surface area (Å²) in [5.41, 5.74) is 5.18. The van der Waals surface area contributed by atoms with E-state index in [9.17, 15) is 9.59 Å². The number of nitrogens with one attached hydrogen (secondary N) is 1. The first-order valence-corrected chi connectivity index (χ1v) is 14.3. The molecule has 2 amide bonds. The van der Waals surface area contributed by atoms with Crippen molar-refractivity contribution in [2.24, 2.45) is 0 Å². The van der Waals surface area contributed by atoms with Gasteiger partial charge in [0.25, 0.3) is 0 Å². The molecule has 4 nitrogen and oxygen atoms in total. The van der Waals surface area contributed by atoms with Crippen LogP contribution in [0.2, 0.25) is 10.0 Å². The van der Waals surface area contributed by atoms with Crippen LogP contribution in [0.25, 0.3) is 0 Å². The lowest BCUT2D eigenvalue weighted by atomic mass is 10.0. The van der Waals surface area contributed by atoms with Crippen molar-refractivity contribution in [3.63, 3.8) is 0 Å². The first kappa shape index (κ1) is 29.1. The molecule has 1 N–H and O–H groups in total. The Labute approximate surface area is 234 Å². The van der Waals surface area contributed by atoms with Crippen molar-refractivity contribution in [1.29, 1.82) is 0 Å². The smallest absolute Gasteiger partial charge is 0.243 e. The van der Waals surface area contributed by atoms with Gasteiger partial charge in [0.2, 0.25) is 11.8 Å². The number of hydrogen-bond acceptors (Lipinski definition) is 3. The molecule has 0 aromatic heterocycles. The SMILES string of the molecule is Cc1cc(C)cc(CSCC(=O)N(Cc2c(Cl)cccc2Cl)[C@@H](Cc2ccccc2)C(=O)NC(C)C)c1. The molecule has 3 aromatic carbocycles. The zero-order valence-electron chi connectivity index (χ0n) is 21.8. The lowest BCUT2D eigenvalue weighted by Crippen LogP contribution is -2.52. The standard InChI is InChI=1S/C30H34Cl2N2O2S/c1-20(2)33-30(36)28(16-23-9-6-5-7-10-23)34(17-25-26(31)11-8-12-27(25)32)29(35)19-37-18-24-14-21(3)13-22(4)15-24/h5-15,20,28H,16-19H2,1-4H3,(H,33,36)/t28-/m0/s1. The van der Waals surface area contributed by atoms with Gasteiger partial charge in [0, 0.05) is 40.4 Å². The van der Waals surface area contributed by atoms with E-state index < -0.39 is 6.04 Å². The van der Waals surface area contributed by atoms with Crippen LogP contribution in [0.4, 0.5) is 0 Å². The number of carbonyl (C=O) groups excluding carboxylic acids is 2. The van der Waals surface area contributed by atoms with Crippen molar-refractivity contribution in [3.05, 3.63) is 105 Å². The Morgan fingerprint density at radius 2 is 1.51 bits per heavy atom. The highest BCUT2D eigenvalue weighted by Gasteiger charge is 2.31. The first-order valence-electron chi connectivity index (χ1n) is 12.4. The minimum absolute atomic E-state index is 0.0643. The molecular weight excluding hydrogens is 523 g/mol. The molecular formula is C30H34Cl2N2O2S. The minimum atomic E-state index is -0.716. The molecule has 0 saturated carbocycles. The highest BCUT2D eigenvalue weighted by atomic mass is 35.5. The maximum Gasteiger partial charge on any atom is 0.243 e. The molecule has 0 aliphatic rings. The van der Waals surface area contributed by atoms with Crippen LogP contribution in [-0.4, -0.2) is 34.6 Å². The number of rotatable bonds is 11. The molecule has 1 atom stereocenters. The van der Waals surface area contributed by atoms with Crippen molar-refractivity contribution >= 4 is 46.8 Å². The van der Waals surface area contributed by atoms with Crippen molar-refractivity contribution in [2.45, 2.75) is 58.5 Å². The molecule has 0 unspecified atom stereocenters. The molecule has 3 rings (SSSR count). The van der Waals surface area contributed by atoms with Gasteiger partial charge in [-0.15, -0.1) is 11.8 Å².